The van der Waals surface area contributed by atoms with Crippen LogP contribution in [0, 0.1) is 0 Å². The van der Waals surface area contributed by atoms with Crippen molar-refractivity contribution in [2.75, 3.05) is 0 Å². The summed E-state index contributed by atoms with van der Waals surface area (Å²) in [5, 5.41) is 8.09. The molecule has 0 spiro atoms. The molecule has 0 heterocycles. The van der Waals surface area contributed by atoms with Gasteiger partial charge >= 0.3 is 5.97 Å². The van der Waals surface area contributed by atoms with E-state index in [1.54, 1.807) is 18.2 Å². The van der Waals surface area contributed by atoms with Crippen LogP contribution in [0.2, 0.25) is 0 Å². The fourth-order valence-corrected chi connectivity index (χ4v) is 1.25. The third kappa shape index (κ3) is 2.09. The minimum atomic E-state index is -1.04. The molecule has 0 fully saturated rings. The maximum atomic E-state index is 10.7. The summed E-state index contributed by atoms with van der Waals surface area (Å²) in [6, 6.07) is 6.31. The Balaban J connectivity index is 3.19. The van der Waals surface area contributed by atoms with Gasteiger partial charge in [0.15, 0.2) is 0 Å². The minimum absolute atomic E-state index is 0.120. The minimum Gasteiger partial charge on any atom is -0.478 e. The summed E-state index contributed by atoms with van der Waals surface area (Å²) in [4.78, 5) is 21.1. The molecule has 1 N–H and O–H groups in total. The van der Waals surface area contributed by atoms with E-state index in [-0.39, 0.29) is 5.56 Å². The standard InChI is InChI=1S/C9H8O3S/c10-5-8(13)6-3-1-2-4-7(6)9(11)12/h1-5,8,13H,(H,11,12). The van der Waals surface area contributed by atoms with Crippen molar-refractivity contribution >= 4 is 24.9 Å². The van der Waals surface area contributed by atoms with E-state index in [1.165, 1.54) is 6.07 Å². The fraction of sp³-hybridized carbons (Fsp3) is 0.111. The topological polar surface area (TPSA) is 54.4 Å². The molecule has 0 saturated heterocycles. The molecule has 0 aliphatic rings. The number of carboxylic acids is 1. The van der Waals surface area contributed by atoms with E-state index in [2.05, 4.69) is 12.6 Å². The van der Waals surface area contributed by atoms with E-state index in [0.29, 0.717) is 11.8 Å². The van der Waals surface area contributed by atoms with Crippen molar-refractivity contribution in [2.45, 2.75) is 5.25 Å². The molecule has 0 bridgehead atoms. The molecule has 1 aromatic carbocycles. The first-order chi connectivity index (χ1) is 6.16. The van der Waals surface area contributed by atoms with E-state index >= 15 is 0 Å². The van der Waals surface area contributed by atoms with Crippen molar-refractivity contribution in [3.8, 4) is 0 Å². The van der Waals surface area contributed by atoms with E-state index in [4.69, 9.17) is 5.11 Å². The van der Waals surface area contributed by atoms with Crippen molar-refractivity contribution in [2.24, 2.45) is 0 Å². The number of aldehydes is 1. The highest BCUT2D eigenvalue weighted by atomic mass is 32.1. The summed E-state index contributed by atoms with van der Waals surface area (Å²) in [6.07, 6.45) is 0.602. The van der Waals surface area contributed by atoms with Gasteiger partial charge in [0.2, 0.25) is 0 Å². The molecule has 0 amide bonds. The number of hydrogen-bond donors (Lipinski definition) is 2. The Hall–Kier alpha value is -1.29. The average Bonchev–Trinajstić information content (AvgIpc) is 2.16. The van der Waals surface area contributed by atoms with Gasteiger partial charge in [0.05, 0.1) is 10.8 Å². The van der Waals surface area contributed by atoms with Gasteiger partial charge in [0.25, 0.3) is 0 Å². The van der Waals surface area contributed by atoms with Crippen LogP contribution in [0.5, 0.6) is 0 Å². The van der Waals surface area contributed by atoms with E-state index in [1.807, 2.05) is 0 Å². The molecule has 0 radical (unpaired) electrons. The van der Waals surface area contributed by atoms with Crippen molar-refractivity contribution in [3.05, 3.63) is 35.4 Å². The maximum absolute atomic E-state index is 10.7. The van der Waals surface area contributed by atoms with Crippen LogP contribution in [0.15, 0.2) is 24.3 Å². The molecule has 1 rings (SSSR count). The average molecular weight is 196 g/mol. The summed E-state index contributed by atoms with van der Waals surface area (Å²) >= 11 is 3.95. The molecule has 68 valence electrons. The first kappa shape index (κ1) is 9.80. The first-order valence-electron chi connectivity index (χ1n) is 3.62. The lowest BCUT2D eigenvalue weighted by molar-refractivity contribution is -0.107. The van der Waals surface area contributed by atoms with Gasteiger partial charge in [-0.1, -0.05) is 18.2 Å². The Morgan fingerprint density at radius 2 is 2.08 bits per heavy atom. The van der Waals surface area contributed by atoms with Crippen molar-refractivity contribution < 1.29 is 14.7 Å². The Bertz CT molecular complexity index is 335. The second-order valence-electron chi connectivity index (χ2n) is 2.47. The highest BCUT2D eigenvalue weighted by molar-refractivity contribution is 7.81. The van der Waals surface area contributed by atoms with Gasteiger partial charge in [-0.15, -0.1) is 0 Å². The monoisotopic (exact) mass is 196 g/mol. The zero-order chi connectivity index (χ0) is 9.84. The molecule has 1 unspecified atom stereocenters. The molecule has 1 aromatic rings. The third-order valence-corrected chi connectivity index (χ3v) is 2.04. The quantitative estimate of drug-likeness (QED) is 0.569. The zero-order valence-electron chi connectivity index (χ0n) is 6.68. The smallest absolute Gasteiger partial charge is 0.336 e. The van der Waals surface area contributed by atoms with Crippen LogP contribution in [0.3, 0.4) is 0 Å². The van der Waals surface area contributed by atoms with E-state index in [0.717, 1.165) is 0 Å². The number of thiol groups is 1. The molecular formula is C9H8O3S. The van der Waals surface area contributed by atoms with Crippen LogP contribution in [-0.4, -0.2) is 17.4 Å². The normalized spacial score (nSPS) is 12.1. The maximum Gasteiger partial charge on any atom is 0.336 e. The lowest BCUT2D eigenvalue weighted by atomic mass is 10.1. The van der Waals surface area contributed by atoms with Crippen LogP contribution < -0.4 is 0 Å². The predicted molar refractivity (Wildman–Crippen MR) is 51.2 cm³/mol. The first-order valence-corrected chi connectivity index (χ1v) is 4.14. The van der Waals surface area contributed by atoms with E-state index in [9.17, 15) is 9.59 Å². The number of benzene rings is 1. The zero-order valence-corrected chi connectivity index (χ0v) is 7.57. The van der Waals surface area contributed by atoms with Gasteiger partial charge in [-0.25, -0.2) is 4.79 Å². The number of carbonyl (C=O) groups excluding carboxylic acids is 1. The highest BCUT2D eigenvalue weighted by Crippen LogP contribution is 2.21. The fourth-order valence-electron chi connectivity index (χ4n) is 1.02. The van der Waals surface area contributed by atoms with Gasteiger partial charge in [-0.3, -0.25) is 0 Å². The second kappa shape index (κ2) is 4.09. The SMILES string of the molecule is O=CC(S)c1ccccc1C(=O)O. The van der Waals surface area contributed by atoms with Crippen LogP contribution in [0.1, 0.15) is 21.2 Å². The summed E-state index contributed by atoms with van der Waals surface area (Å²) in [6.45, 7) is 0. The summed E-state index contributed by atoms with van der Waals surface area (Å²) in [5.74, 6) is -1.04. The molecule has 13 heavy (non-hydrogen) atoms. The highest BCUT2D eigenvalue weighted by Gasteiger charge is 2.14. The van der Waals surface area contributed by atoms with Gasteiger partial charge in [-0.05, 0) is 11.6 Å². The van der Waals surface area contributed by atoms with Gasteiger partial charge < -0.3 is 9.90 Å². The Morgan fingerprint density at radius 1 is 1.46 bits per heavy atom. The molecule has 0 aliphatic heterocycles. The molecule has 1 atom stereocenters. The van der Waals surface area contributed by atoms with Gasteiger partial charge in [-0.2, -0.15) is 12.6 Å². The molecular weight excluding hydrogens is 188 g/mol. The number of aromatic carboxylic acids is 1. The Labute approximate surface area is 80.8 Å². The molecule has 0 aromatic heterocycles. The largest absolute Gasteiger partial charge is 0.478 e. The number of carbonyl (C=O) groups is 2. The molecule has 4 heteroatoms. The number of rotatable bonds is 3. The van der Waals surface area contributed by atoms with Crippen LogP contribution in [0.25, 0.3) is 0 Å². The van der Waals surface area contributed by atoms with Crippen molar-refractivity contribution in [3.63, 3.8) is 0 Å². The van der Waals surface area contributed by atoms with Gasteiger partial charge in [0.1, 0.15) is 6.29 Å². The van der Waals surface area contributed by atoms with Crippen molar-refractivity contribution in [1.82, 2.24) is 0 Å². The van der Waals surface area contributed by atoms with Crippen LogP contribution in [0.4, 0.5) is 0 Å². The summed E-state index contributed by atoms with van der Waals surface area (Å²) in [5.41, 5.74) is 0.544. The number of hydrogen-bond acceptors (Lipinski definition) is 3. The lowest BCUT2D eigenvalue weighted by Crippen LogP contribution is -2.04. The molecule has 0 aliphatic carbocycles. The number of carboxylic acid groups (broad SMARTS) is 1. The Morgan fingerprint density at radius 3 is 2.62 bits per heavy atom. The van der Waals surface area contributed by atoms with Crippen LogP contribution in [-0.2, 0) is 4.79 Å². The van der Waals surface area contributed by atoms with E-state index < -0.39 is 11.2 Å². The Kier molecular flexibility index (Phi) is 3.08. The predicted octanol–water partition coefficient (Wildman–Crippen LogP) is 1.55. The summed E-state index contributed by atoms with van der Waals surface area (Å²) in [7, 11) is 0. The molecule has 0 saturated carbocycles. The van der Waals surface area contributed by atoms with Crippen molar-refractivity contribution in [1.29, 1.82) is 0 Å². The third-order valence-electron chi connectivity index (χ3n) is 1.64. The lowest BCUT2D eigenvalue weighted by Gasteiger charge is -2.06. The summed E-state index contributed by atoms with van der Waals surface area (Å²) < 4.78 is 0. The van der Waals surface area contributed by atoms with Gasteiger partial charge in [0, 0.05) is 0 Å². The van der Waals surface area contributed by atoms with Crippen LogP contribution >= 0.6 is 12.6 Å². The molecule has 3 nitrogen and oxygen atoms in total. The second-order valence-corrected chi connectivity index (χ2v) is 3.03.